The molecule has 0 amide bonds. The number of carbonyl (C=O) groups excluding carboxylic acids is 1. The van der Waals surface area contributed by atoms with Crippen LogP contribution in [0.2, 0.25) is 0 Å². The number of rotatable bonds is 3. The molecule has 0 bridgehead atoms. The minimum absolute atomic E-state index is 0. The van der Waals surface area contributed by atoms with Crippen LogP contribution in [-0.2, 0) is 10.1 Å². The molecule has 1 unspecified atom stereocenters. The van der Waals surface area contributed by atoms with Crippen LogP contribution in [0.5, 0.6) is 0 Å². The standard InChI is InChI=1S/C9H10O4S2.Na/c1-7(15(11,12)13)14-9(10)8-5-3-2-4-6-8;/h2-7H,1H3,(H,11,12,13);/q;+1/p-1. The van der Waals surface area contributed by atoms with Crippen molar-refractivity contribution in [1.82, 2.24) is 0 Å². The van der Waals surface area contributed by atoms with Crippen LogP contribution in [0.15, 0.2) is 30.3 Å². The predicted molar refractivity (Wildman–Crippen MR) is 57.5 cm³/mol. The largest absolute Gasteiger partial charge is 1.00 e. The molecule has 16 heavy (non-hydrogen) atoms. The monoisotopic (exact) mass is 268 g/mol. The van der Waals surface area contributed by atoms with Gasteiger partial charge >= 0.3 is 29.6 Å². The molecule has 0 aromatic heterocycles. The normalized spacial score (nSPS) is 12.6. The molecule has 0 heterocycles. The van der Waals surface area contributed by atoms with Crippen molar-refractivity contribution in [2.45, 2.75) is 11.5 Å². The molecule has 7 heteroatoms. The summed E-state index contributed by atoms with van der Waals surface area (Å²) in [6.45, 7) is 1.20. The van der Waals surface area contributed by atoms with Crippen LogP contribution in [0.25, 0.3) is 0 Å². The Morgan fingerprint density at radius 2 is 1.81 bits per heavy atom. The van der Waals surface area contributed by atoms with Gasteiger partial charge in [-0.2, -0.15) is 0 Å². The van der Waals surface area contributed by atoms with E-state index in [9.17, 15) is 17.8 Å². The fourth-order valence-electron chi connectivity index (χ4n) is 0.852. The van der Waals surface area contributed by atoms with E-state index in [1.165, 1.54) is 6.92 Å². The van der Waals surface area contributed by atoms with Crippen molar-refractivity contribution in [1.29, 1.82) is 0 Å². The summed E-state index contributed by atoms with van der Waals surface area (Å²) in [5, 5.41) is -0.414. The van der Waals surface area contributed by atoms with E-state index in [4.69, 9.17) is 0 Å². The van der Waals surface area contributed by atoms with Crippen LogP contribution in [0, 0.1) is 0 Å². The minimum atomic E-state index is -4.41. The summed E-state index contributed by atoms with van der Waals surface area (Å²) in [5.74, 6) is 0. The van der Waals surface area contributed by atoms with E-state index in [0.717, 1.165) is 0 Å². The van der Waals surface area contributed by atoms with Crippen molar-refractivity contribution in [3.63, 3.8) is 0 Å². The zero-order valence-corrected chi connectivity index (χ0v) is 12.5. The Balaban J connectivity index is 0.00000225. The topological polar surface area (TPSA) is 74.3 Å². The second kappa shape index (κ2) is 6.78. The molecular weight excluding hydrogens is 259 g/mol. The van der Waals surface area contributed by atoms with Gasteiger partial charge in [0.15, 0.2) is 0 Å². The molecule has 0 saturated heterocycles. The van der Waals surface area contributed by atoms with Gasteiger partial charge in [0.2, 0.25) is 5.12 Å². The van der Waals surface area contributed by atoms with E-state index in [1.54, 1.807) is 30.3 Å². The maximum Gasteiger partial charge on any atom is 1.00 e. The van der Waals surface area contributed by atoms with Gasteiger partial charge in [-0.25, -0.2) is 8.42 Å². The summed E-state index contributed by atoms with van der Waals surface area (Å²) in [5.41, 5.74) is 0.387. The first-order valence-electron chi connectivity index (χ1n) is 4.12. The second-order valence-electron chi connectivity index (χ2n) is 2.83. The predicted octanol–water partition coefficient (Wildman–Crippen LogP) is -1.54. The van der Waals surface area contributed by atoms with Crippen LogP contribution in [0.1, 0.15) is 17.3 Å². The van der Waals surface area contributed by atoms with E-state index < -0.39 is 19.8 Å². The molecule has 82 valence electrons. The summed E-state index contributed by atoms with van der Waals surface area (Å²) in [6, 6.07) is 8.22. The van der Waals surface area contributed by atoms with Gasteiger partial charge in [-0.05, 0) is 6.92 Å². The van der Waals surface area contributed by atoms with Gasteiger partial charge in [0.05, 0.1) is 4.58 Å². The summed E-state index contributed by atoms with van der Waals surface area (Å²) in [7, 11) is -4.41. The third-order valence-electron chi connectivity index (χ3n) is 1.69. The van der Waals surface area contributed by atoms with Gasteiger partial charge in [-0.15, -0.1) is 0 Å². The first-order valence-corrected chi connectivity index (χ1v) is 6.47. The molecular formula is C9H9NaO4S2. The molecule has 1 atom stereocenters. The fourth-order valence-corrected chi connectivity index (χ4v) is 2.16. The number of hydrogen-bond donors (Lipinski definition) is 0. The molecule has 1 rings (SSSR count). The van der Waals surface area contributed by atoms with Gasteiger partial charge in [0.1, 0.15) is 10.1 Å². The number of thioether (sulfide) groups is 1. The molecule has 0 aliphatic heterocycles. The van der Waals surface area contributed by atoms with Crippen LogP contribution < -0.4 is 29.6 Å². The minimum Gasteiger partial charge on any atom is -0.747 e. The first kappa shape index (κ1) is 16.1. The van der Waals surface area contributed by atoms with E-state index >= 15 is 0 Å². The van der Waals surface area contributed by atoms with Crippen molar-refractivity contribution in [3.05, 3.63) is 35.9 Å². The zero-order chi connectivity index (χ0) is 11.5. The van der Waals surface area contributed by atoms with E-state index in [2.05, 4.69) is 0 Å². The second-order valence-corrected chi connectivity index (χ2v) is 6.14. The van der Waals surface area contributed by atoms with Crippen molar-refractivity contribution in [3.8, 4) is 0 Å². The average Bonchev–Trinajstić information content (AvgIpc) is 2.17. The smallest absolute Gasteiger partial charge is 0.747 e. The van der Waals surface area contributed by atoms with Gasteiger partial charge in [-0.3, -0.25) is 4.79 Å². The number of hydrogen-bond acceptors (Lipinski definition) is 5. The van der Waals surface area contributed by atoms with Crippen LogP contribution in [0.4, 0.5) is 0 Å². The van der Waals surface area contributed by atoms with E-state index in [-0.39, 0.29) is 29.6 Å². The molecule has 0 aliphatic rings. The molecule has 1 aromatic carbocycles. The molecule has 4 nitrogen and oxygen atoms in total. The van der Waals surface area contributed by atoms with Crippen LogP contribution in [0.3, 0.4) is 0 Å². The molecule has 0 radical (unpaired) electrons. The SMILES string of the molecule is CC(SC(=O)c1ccccc1)S(=O)(=O)[O-].[Na+]. The third-order valence-corrected chi connectivity index (χ3v) is 4.28. The van der Waals surface area contributed by atoms with E-state index in [0.29, 0.717) is 17.3 Å². The van der Waals surface area contributed by atoms with Crippen LogP contribution >= 0.6 is 11.8 Å². The average molecular weight is 268 g/mol. The van der Waals surface area contributed by atoms with Crippen molar-refractivity contribution < 1.29 is 47.3 Å². The molecule has 0 saturated carbocycles. The third kappa shape index (κ3) is 4.99. The Kier molecular flexibility index (Phi) is 6.84. The molecule has 0 fully saturated rings. The summed E-state index contributed by atoms with van der Waals surface area (Å²) in [4.78, 5) is 11.5. The fraction of sp³-hybridized carbons (Fsp3) is 0.222. The maximum atomic E-state index is 11.5. The number of carbonyl (C=O) groups is 1. The van der Waals surface area contributed by atoms with E-state index in [1.807, 2.05) is 0 Å². The van der Waals surface area contributed by atoms with Crippen molar-refractivity contribution >= 4 is 27.0 Å². The Labute approximate surface area is 121 Å². The quantitative estimate of drug-likeness (QED) is 0.490. The van der Waals surface area contributed by atoms with Gasteiger partial charge in [0, 0.05) is 5.56 Å². The van der Waals surface area contributed by atoms with Gasteiger partial charge in [-0.1, -0.05) is 42.1 Å². The Hall–Kier alpha value is 0.150. The molecule has 0 spiro atoms. The summed E-state index contributed by atoms with van der Waals surface area (Å²) >= 11 is 0.520. The van der Waals surface area contributed by atoms with Gasteiger partial charge < -0.3 is 4.55 Å². The first-order chi connectivity index (χ1) is 6.91. The Morgan fingerprint density at radius 3 is 2.25 bits per heavy atom. The molecule has 0 N–H and O–H groups in total. The molecule has 1 aromatic rings. The summed E-state index contributed by atoms with van der Waals surface area (Å²) in [6.07, 6.45) is 0. The summed E-state index contributed by atoms with van der Waals surface area (Å²) < 4.78 is 30.4. The molecule has 0 aliphatic carbocycles. The van der Waals surface area contributed by atoms with Crippen molar-refractivity contribution in [2.24, 2.45) is 0 Å². The van der Waals surface area contributed by atoms with Gasteiger partial charge in [0.25, 0.3) is 0 Å². The maximum absolute atomic E-state index is 11.5. The number of benzene rings is 1. The van der Waals surface area contributed by atoms with Crippen molar-refractivity contribution in [2.75, 3.05) is 0 Å². The zero-order valence-electron chi connectivity index (χ0n) is 8.91. The Bertz CT molecular complexity index is 444. The Morgan fingerprint density at radius 1 is 1.31 bits per heavy atom. The van der Waals surface area contributed by atoms with Crippen LogP contribution in [-0.4, -0.2) is 22.7 Å².